The van der Waals surface area contributed by atoms with Crippen molar-refractivity contribution in [1.29, 1.82) is 5.26 Å². The first-order valence-corrected chi connectivity index (χ1v) is 8.35. The first-order valence-electron chi connectivity index (χ1n) is 7.15. The zero-order valence-electron chi connectivity index (χ0n) is 12.7. The van der Waals surface area contributed by atoms with Crippen molar-refractivity contribution in [3.63, 3.8) is 0 Å². The van der Waals surface area contributed by atoms with E-state index in [0.717, 1.165) is 27.6 Å². The molecule has 5 nitrogen and oxygen atoms in total. The summed E-state index contributed by atoms with van der Waals surface area (Å²) in [5.74, 6) is 0.477. The van der Waals surface area contributed by atoms with Gasteiger partial charge < -0.3 is 0 Å². The van der Waals surface area contributed by atoms with E-state index in [-0.39, 0.29) is 0 Å². The van der Waals surface area contributed by atoms with Gasteiger partial charge in [0.25, 0.3) is 0 Å². The molecule has 3 aromatic rings. The second kappa shape index (κ2) is 6.49. The van der Waals surface area contributed by atoms with Crippen LogP contribution >= 0.6 is 22.9 Å². The summed E-state index contributed by atoms with van der Waals surface area (Å²) in [4.78, 5) is 5.82. The smallest absolute Gasteiger partial charge is 0.165 e. The van der Waals surface area contributed by atoms with E-state index in [0.29, 0.717) is 22.3 Å². The highest BCUT2D eigenvalue weighted by molar-refractivity contribution is 7.15. The fourth-order valence-electron chi connectivity index (χ4n) is 2.23. The molecule has 1 aromatic carbocycles. The minimum Gasteiger partial charge on any atom is -0.247 e. The summed E-state index contributed by atoms with van der Waals surface area (Å²) in [5, 5.41) is 21.2. The Morgan fingerprint density at radius 3 is 2.65 bits per heavy atom. The molecule has 7 heteroatoms. The minimum absolute atomic E-state index is 0.336. The molecule has 0 aliphatic rings. The molecule has 0 fully saturated rings. The van der Waals surface area contributed by atoms with Crippen molar-refractivity contribution in [3.05, 3.63) is 39.9 Å². The number of nitrogens with one attached hydrogen (secondary N) is 1. The molecule has 0 saturated heterocycles. The molecule has 2 heterocycles. The molecule has 2 aromatic heterocycles. The van der Waals surface area contributed by atoms with Crippen molar-refractivity contribution in [1.82, 2.24) is 20.4 Å². The number of nitrogens with zero attached hydrogens (tertiary/aromatic N) is 4. The predicted octanol–water partition coefficient (Wildman–Crippen LogP) is 4.32. The number of H-pyrrole nitrogens is 1. The molecule has 0 radical (unpaired) electrons. The van der Waals surface area contributed by atoms with Gasteiger partial charge in [0.05, 0.1) is 0 Å². The molecule has 0 amide bonds. The van der Waals surface area contributed by atoms with E-state index in [1.807, 2.05) is 24.3 Å². The van der Waals surface area contributed by atoms with Crippen LogP contribution in [0.15, 0.2) is 24.3 Å². The maximum atomic E-state index is 9.20. The molecule has 0 atom stereocenters. The van der Waals surface area contributed by atoms with Gasteiger partial charge in [-0.1, -0.05) is 42.8 Å². The maximum Gasteiger partial charge on any atom is 0.165 e. The SMILES string of the molecule is CC(C)Cc1sc(-c2ccc(Cl)cc2)nc1-c1nn[nH]c1C#N. The third-order valence-electron chi connectivity index (χ3n) is 3.27. The molecular weight excluding hydrogens is 330 g/mol. The van der Waals surface area contributed by atoms with Gasteiger partial charge in [-0.3, -0.25) is 0 Å². The van der Waals surface area contributed by atoms with Crippen LogP contribution in [0.2, 0.25) is 5.02 Å². The molecule has 0 unspecified atom stereocenters. The first kappa shape index (κ1) is 15.7. The van der Waals surface area contributed by atoms with Gasteiger partial charge in [0.1, 0.15) is 22.5 Å². The van der Waals surface area contributed by atoms with Crippen LogP contribution in [0, 0.1) is 17.2 Å². The largest absolute Gasteiger partial charge is 0.247 e. The number of nitriles is 1. The standard InChI is InChI=1S/C16H14ClN5S/c1-9(2)7-13-15(14-12(8-18)20-22-21-14)19-16(23-13)10-3-5-11(17)6-4-10/h3-6,9H,7H2,1-2H3,(H,20,21,22). The van der Waals surface area contributed by atoms with Crippen LogP contribution in [0.1, 0.15) is 24.4 Å². The average Bonchev–Trinajstić information content (AvgIpc) is 3.13. The molecule has 0 saturated carbocycles. The summed E-state index contributed by atoms with van der Waals surface area (Å²) in [6.07, 6.45) is 0.873. The van der Waals surface area contributed by atoms with E-state index in [1.54, 1.807) is 11.3 Å². The molecule has 0 bridgehead atoms. The number of hydrogen-bond donors (Lipinski definition) is 1. The highest BCUT2D eigenvalue weighted by Gasteiger charge is 2.20. The molecule has 1 N–H and O–H groups in total. The molecule has 3 rings (SSSR count). The molecular formula is C16H14ClN5S. The van der Waals surface area contributed by atoms with Gasteiger partial charge in [-0.25, -0.2) is 10.1 Å². The van der Waals surface area contributed by atoms with Crippen molar-refractivity contribution < 1.29 is 0 Å². The Labute approximate surface area is 143 Å². The lowest BCUT2D eigenvalue weighted by atomic mass is 10.1. The van der Waals surface area contributed by atoms with Gasteiger partial charge >= 0.3 is 0 Å². The van der Waals surface area contributed by atoms with Crippen LogP contribution in [0.25, 0.3) is 22.0 Å². The second-order valence-electron chi connectivity index (χ2n) is 5.54. The van der Waals surface area contributed by atoms with Crippen LogP contribution in [-0.2, 0) is 6.42 Å². The fourth-order valence-corrected chi connectivity index (χ4v) is 3.64. The van der Waals surface area contributed by atoms with E-state index >= 15 is 0 Å². The summed E-state index contributed by atoms with van der Waals surface area (Å²) in [5.41, 5.74) is 2.58. The number of benzene rings is 1. The topological polar surface area (TPSA) is 78.2 Å². The Hall–Kier alpha value is -2.23. The third kappa shape index (κ3) is 3.26. The normalized spacial score (nSPS) is 10.9. The van der Waals surface area contributed by atoms with Crippen LogP contribution in [-0.4, -0.2) is 20.4 Å². The lowest BCUT2D eigenvalue weighted by molar-refractivity contribution is 0.654. The van der Waals surface area contributed by atoms with Gasteiger partial charge in [0, 0.05) is 15.5 Å². The number of thiazole rings is 1. The van der Waals surface area contributed by atoms with Crippen molar-refractivity contribution in [2.45, 2.75) is 20.3 Å². The second-order valence-corrected chi connectivity index (χ2v) is 7.06. The van der Waals surface area contributed by atoms with Gasteiger partial charge in [-0.05, 0) is 24.5 Å². The Morgan fingerprint density at radius 1 is 1.26 bits per heavy atom. The van der Waals surface area contributed by atoms with Crippen molar-refractivity contribution in [2.24, 2.45) is 5.92 Å². The minimum atomic E-state index is 0.336. The molecule has 0 aliphatic heterocycles. The summed E-state index contributed by atoms with van der Waals surface area (Å²) >= 11 is 7.57. The van der Waals surface area contributed by atoms with E-state index in [9.17, 15) is 5.26 Å². The third-order valence-corrected chi connectivity index (χ3v) is 4.65. The number of hydrogen-bond acceptors (Lipinski definition) is 5. The average molecular weight is 344 g/mol. The Bertz CT molecular complexity index is 857. The number of rotatable bonds is 4. The summed E-state index contributed by atoms with van der Waals surface area (Å²) in [7, 11) is 0. The number of aromatic nitrogens is 4. The molecule has 0 spiro atoms. The van der Waals surface area contributed by atoms with Crippen LogP contribution in [0.4, 0.5) is 0 Å². The maximum absolute atomic E-state index is 9.20. The highest BCUT2D eigenvalue weighted by Crippen LogP contribution is 2.35. The summed E-state index contributed by atoms with van der Waals surface area (Å²) in [6.45, 7) is 4.30. The highest BCUT2D eigenvalue weighted by atomic mass is 35.5. The lowest BCUT2D eigenvalue weighted by Gasteiger charge is -2.02. The predicted molar refractivity (Wildman–Crippen MR) is 91.2 cm³/mol. The monoisotopic (exact) mass is 343 g/mol. The van der Waals surface area contributed by atoms with Gasteiger partial charge in [-0.2, -0.15) is 5.26 Å². The number of halogens is 1. The van der Waals surface area contributed by atoms with Crippen LogP contribution in [0.5, 0.6) is 0 Å². The van der Waals surface area contributed by atoms with Crippen molar-refractivity contribution >= 4 is 22.9 Å². The first-order chi connectivity index (χ1) is 11.1. The fraction of sp³-hybridized carbons (Fsp3) is 0.250. The van der Waals surface area contributed by atoms with Crippen molar-refractivity contribution in [3.8, 4) is 28.0 Å². The summed E-state index contributed by atoms with van der Waals surface area (Å²) < 4.78 is 0. The Balaban J connectivity index is 2.11. The number of aromatic amines is 1. The van der Waals surface area contributed by atoms with E-state index in [1.165, 1.54) is 0 Å². The van der Waals surface area contributed by atoms with Gasteiger partial charge in [0.2, 0.25) is 0 Å². The van der Waals surface area contributed by atoms with Gasteiger partial charge in [-0.15, -0.1) is 16.4 Å². The van der Waals surface area contributed by atoms with E-state index in [4.69, 9.17) is 16.6 Å². The van der Waals surface area contributed by atoms with Crippen molar-refractivity contribution in [2.75, 3.05) is 0 Å². The lowest BCUT2D eigenvalue weighted by Crippen LogP contribution is -1.95. The van der Waals surface area contributed by atoms with Crippen LogP contribution in [0.3, 0.4) is 0 Å². The van der Waals surface area contributed by atoms with E-state index < -0.39 is 0 Å². The van der Waals surface area contributed by atoms with Crippen LogP contribution < -0.4 is 0 Å². The van der Waals surface area contributed by atoms with E-state index in [2.05, 4.69) is 35.3 Å². The quantitative estimate of drug-likeness (QED) is 0.765. The zero-order valence-corrected chi connectivity index (χ0v) is 14.2. The Morgan fingerprint density at radius 2 is 2.00 bits per heavy atom. The van der Waals surface area contributed by atoms with Gasteiger partial charge in [0.15, 0.2) is 5.69 Å². The molecule has 23 heavy (non-hydrogen) atoms. The summed E-state index contributed by atoms with van der Waals surface area (Å²) in [6, 6.07) is 9.65. The molecule has 0 aliphatic carbocycles. The zero-order chi connectivity index (χ0) is 16.4. The Kier molecular flexibility index (Phi) is 4.42. The molecule has 116 valence electrons.